The second kappa shape index (κ2) is 7.30. The zero-order chi connectivity index (χ0) is 14.3. The fourth-order valence-electron chi connectivity index (χ4n) is 1.31. The van der Waals surface area contributed by atoms with Gasteiger partial charge in [0.15, 0.2) is 5.57 Å². The van der Waals surface area contributed by atoms with Gasteiger partial charge >= 0.3 is 0 Å². The van der Waals surface area contributed by atoms with Crippen LogP contribution >= 0.6 is 15.9 Å². The Labute approximate surface area is 119 Å². The van der Waals surface area contributed by atoms with Crippen molar-refractivity contribution in [1.82, 2.24) is 0 Å². The minimum absolute atomic E-state index is 0.0870. The fraction of sp³-hybridized carbons (Fsp3) is 0.231. The van der Waals surface area contributed by atoms with Gasteiger partial charge in [-0.1, -0.05) is 0 Å². The zero-order valence-electron chi connectivity index (χ0n) is 10.4. The molecule has 0 N–H and O–H groups in total. The van der Waals surface area contributed by atoms with Crippen molar-refractivity contribution in [3.63, 3.8) is 0 Å². The third-order valence-electron chi connectivity index (χ3n) is 2.20. The van der Waals surface area contributed by atoms with Gasteiger partial charge in [0.2, 0.25) is 0 Å². The van der Waals surface area contributed by atoms with Crippen LogP contribution in [0.3, 0.4) is 0 Å². The molecule has 6 heteroatoms. The SMILES string of the molecule is COc1cc(COC=C(C#N)C#N)cc(OC)c1Br. The third-order valence-corrected chi connectivity index (χ3v) is 2.98. The molecule has 0 unspecified atom stereocenters. The summed E-state index contributed by atoms with van der Waals surface area (Å²) in [6, 6.07) is 6.97. The van der Waals surface area contributed by atoms with Crippen molar-refractivity contribution in [1.29, 1.82) is 10.5 Å². The lowest BCUT2D eigenvalue weighted by molar-refractivity contribution is 0.234. The van der Waals surface area contributed by atoms with Crippen molar-refractivity contribution in [2.24, 2.45) is 0 Å². The van der Waals surface area contributed by atoms with Crippen LogP contribution in [-0.2, 0) is 11.3 Å². The van der Waals surface area contributed by atoms with Crippen molar-refractivity contribution in [3.05, 3.63) is 34.0 Å². The summed E-state index contributed by atoms with van der Waals surface area (Å²) in [5, 5.41) is 17.1. The Morgan fingerprint density at radius 2 is 1.74 bits per heavy atom. The van der Waals surface area contributed by atoms with Gasteiger partial charge in [-0.15, -0.1) is 0 Å². The van der Waals surface area contributed by atoms with E-state index in [1.54, 1.807) is 38.5 Å². The topological polar surface area (TPSA) is 75.3 Å². The van der Waals surface area contributed by atoms with E-state index in [2.05, 4.69) is 15.9 Å². The predicted molar refractivity (Wildman–Crippen MR) is 71.3 cm³/mol. The molecule has 1 aromatic rings. The first-order valence-electron chi connectivity index (χ1n) is 5.18. The molecule has 0 aliphatic carbocycles. The lowest BCUT2D eigenvalue weighted by Crippen LogP contribution is -1.94. The number of benzene rings is 1. The first-order chi connectivity index (χ1) is 9.15. The van der Waals surface area contributed by atoms with E-state index in [9.17, 15) is 0 Å². The maximum atomic E-state index is 8.56. The molecule has 19 heavy (non-hydrogen) atoms. The van der Waals surface area contributed by atoms with E-state index in [1.165, 1.54) is 0 Å². The summed E-state index contributed by atoms with van der Waals surface area (Å²) in [5.74, 6) is 1.23. The van der Waals surface area contributed by atoms with Crippen LogP contribution in [0, 0.1) is 22.7 Å². The molecule has 0 bridgehead atoms. The Balaban J connectivity index is 2.89. The van der Waals surface area contributed by atoms with Gasteiger partial charge < -0.3 is 14.2 Å². The number of nitriles is 2. The Bertz CT molecular complexity index is 529. The van der Waals surface area contributed by atoms with Crippen LogP contribution in [0.5, 0.6) is 11.5 Å². The van der Waals surface area contributed by atoms with Gasteiger partial charge in [-0.3, -0.25) is 0 Å². The number of rotatable bonds is 5. The zero-order valence-corrected chi connectivity index (χ0v) is 12.0. The van der Waals surface area contributed by atoms with Gasteiger partial charge in [0, 0.05) is 0 Å². The van der Waals surface area contributed by atoms with Crippen molar-refractivity contribution < 1.29 is 14.2 Å². The van der Waals surface area contributed by atoms with E-state index in [4.69, 9.17) is 24.7 Å². The van der Waals surface area contributed by atoms with Crippen LogP contribution in [0.2, 0.25) is 0 Å². The summed E-state index contributed by atoms with van der Waals surface area (Å²) in [5.41, 5.74) is 0.708. The lowest BCUT2D eigenvalue weighted by atomic mass is 10.2. The fourth-order valence-corrected chi connectivity index (χ4v) is 1.86. The van der Waals surface area contributed by atoms with Crippen LogP contribution in [-0.4, -0.2) is 14.2 Å². The highest BCUT2D eigenvalue weighted by Crippen LogP contribution is 2.35. The van der Waals surface area contributed by atoms with Gasteiger partial charge in [0.1, 0.15) is 41.0 Å². The van der Waals surface area contributed by atoms with Crippen molar-refractivity contribution in [3.8, 4) is 23.6 Å². The molecular weight excluding hydrogens is 312 g/mol. The van der Waals surface area contributed by atoms with E-state index in [-0.39, 0.29) is 12.2 Å². The van der Waals surface area contributed by atoms with Gasteiger partial charge in [0.25, 0.3) is 0 Å². The van der Waals surface area contributed by atoms with E-state index in [1.807, 2.05) is 0 Å². The summed E-state index contributed by atoms with van der Waals surface area (Å²) < 4.78 is 16.3. The molecule has 0 radical (unpaired) electrons. The second-order valence-electron chi connectivity index (χ2n) is 3.38. The summed E-state index contributed by atoms with van der Waals surface area (Å²) in [7, 11) is 3.10. The molecule has 0 fully saturated rings. The normalized spacial score (nSPS) is 8.89. The number of hydrogen-bond acceptors (Lipinski definition) is 5. The second-order valence-corrected chi connectivity index (χ2v) is 4.17. The number of allylic oxidation sites excluding steroid dienone is 1. The molecule has 0 amide bonds. The molecule has 0 spiro atoms. The summed E-state index contributed by atoms with van der Waals surface area (Å²) in [4.78, 5) is 0. The highest BCUT2D eigenvalue weighted by molar-refractivity contribution is 9.10. The van der Waals surface area contributed by atoms with Crippen LogP contribution < -0.4 is 9.47 Å². The van der Waals surface area contributed by atoms with Crippen molar-refractivity contribution in [2.75, 3.05) is 14.2 Å². The summed E-state index contributed by atoms with van der Waals surface area (Å²) in [6.07, 6.45) is 1.13. The number of hydrogen-bond donors (Lipinski definition) is 0. The molecule has 0 heterocycles. The third kappa shape index (κ3) is 3.90. The summed E-state index contributed by atoms with van der Waals surface area (Å²) >= 11 is 3.36. The van der Waals surface area contributed by atoms with E-state index < -0.39 is 0 Å². The van der Waals surface area contributed by atoms with Crippen LogP contribution in [0.1, 0.15) is 5.56 Å². The first kappa shape index (κ1) is 14.9. The average molecular weight is 323 g/mol. The number of halogens is 1. The molecule has 0 aromatic heterocycles. The molecule has 0 saturated carbocycles. The summed E-state index contributed by atoms with van der Waals surface area (Å²) in [6.45, 7) is 0.201. The minimum atomic E-state index is -0.0870. The van der Waals surface area contributed by atoms with Crippen molar-refractivity contribution >= 4 is 15.9 Å². The highest BCUT2D eigenvalue weighted by atomic mass is 79.9. The number of nitrogens with zero attached hydrogens (tertiary/aromatic N) is 2. The highest BCUT2D eigenvalue weighted by Gasteiger charge is 2.09. The molecule has 0 atom stereocenters. The van der Waals surface area contributed by atoms with E-state index >= 15 is 0 Å². The van der Waals surface area contributed by atoms with E-state index in [0.717, 1.165) is 11.8 Å². The minimum Gasteiger partial charge on any atom is -0.495 e. The molecule has 0 aliphatic rings. The van der Waals surface area contributed by atoms with Gasteiger partial charge in [-0.05, 0) is 33.6 Å². The Morgan fingerprint density at radius 1 is 1.21 bits per heavy atom. The maximum Gasteiger partial charge on any atom is 0.164 e. The molecule has 5 nitrogen and oxygen atoms in total. The van der Waals surface area contributed by atoms with Gasteiger partial charge in [0.05, 0.1) is 14.2 Å². The molecule has 0 saturated heterocycles. The van der Waals surface area contributed by atoms with Crippen LogP contribution in [0.15, 0.2) is 28.4 Å². The standard InChI is InChI=1S/C13H11BrN2O3/c1-17-11-3-9(4-12(18-2)13(11)14)7-19-8-10(5-15)6-16/h3-4,8H,7H2,1-2H3. The Morgan fingerprint density at radius 3 is 2.16 bits per heavy atom. The predicted octanol–water partition coefficient (Wildman–Crippen LogP) is 2.91. The average Bonchev–Trinajstić information content (AvgIpc) is 2.44. The van der Waals surface area contributed by atoms with E-state index in [0.29, 0.717) is 16.0 Å². The molecular formula is C13H11BrN2O3. The Kier molecular flexibility index (Phi) is 5.72. The molecule has 98 valence electrons. The van der Waals surface area contributed by atoms with Crippen LogP contribution in [0.4, 0.5) is 0 Å². The van der Waals surface area contributed by atoms with Crippen molar-refractivity contribution in [2.45, 2.75) is 6.61 Å². The Hall–Kier alpha value is -2.18. The number of methoxy groups -OCH3 is 2. The van der Waals surface area contributed by atoms with Gasteiger partial charge in [-0.25, -0.2) is 0 Å². The monoisotopic (exact) mass is 322 g/mol. The molecule has 1 rings (SSSR count). The number of ether oxygens (including phenoxy) is 3. The smallest absolute Gasteiger partial charge is 0.164 e. The quantitative estimate of drug-likeness (QED) is 0.615. The molecule has 0 aliphatic heterocycles. The van der Waals surface area contributed by atoms with Crippen LogP contribution in [0.25, 0.3) is 0 Å². The molecule has 1 aromatic carbocycles. The van der Waals surface area contributed by atoms with Gasteiger partial charge in [-0.2, -0.15) is 10.5 Å². The first-order valence-corrected chi connectivity index (χ1v) is 5.98. The largest absolute Gasteiger partial charge is 0.495 e. The lowest BCUT2D eigenvalue weighted by Gasteiger charge is -2.11. The maximum absolute atomic E-state index is 8.56.